The summed E-state index contributed by atoms with van der Waals surface area (Å²) in [5.41, 5.74) is 2.79. The first-order valence-corrected chi connectivity index (χ1v) is 8.21. The molecule has 23 heavy (non-hydrogen) atoms. The van der Waals surface area contributed by atoms with Gasteiger partial charge in [0.15, 0.2) is 0 Å². The second kappa shape index (κ2) is 5.67. The third-order valence-corrected chi connectivity index (χ3v) is 4.26. The molecule has 0 fully saturated rings. The van der Waals surface area contributed by atoms with Crippen LogP contribution in [0.1, 0.15) is 39.0 Å². The van der Waals surface area contributed by atoms with E-state index in [0.29, 0.717) is 18.7 Å². The van der Waals surface area contributed by atoms with Gasteiger partial charge in [0.1, 0.15) is 17.6 Å². The van der Waals surface area contributed by atoms with Crippen LogP contribution in [0.2, 0.25) is 0 Å². The molecule has 2 aromatic rings. The molecule has 7 nitrogen and oxygen atoms in total. The maximum Gasteiger partial charge on any atom is 0.410 e. The van der Waals surface area contributed by atoms with E-state index in [4.69, 9.17) is 9.26 Å². The average Bonchev–Trinajstić information content (AvgIpc) is 3.01. The Kier molecular flexibility index (Phi) is 3.95. The Bertz CT molecular complexity index is 731. The van der Waals surface area contributed by atoms with Gasteiger partial charge in [0, 0.05) is 18.0 Å². The monoisotopic (exact) mass is 382 g/mol. The Balaban J connectivity index is 1.90. The van der Waals surface area contributed by atoms with Crippen molar-refractivity contribution in [1.29, 1.82) is 0 Å². The number of H-pyrrole nitrogens is 1. The minimum atomic E-state index is -0.522. The van der Waals surface area contributed by atoms with Gasteiger partial charge in [-0.25, -0.2) is 4.79 Å². The quantitative estimate of drug-likeness (QED) is 0.815. The summed E-state index contributed by atoms with van der Waals surface area (Å²) in [5.74, 6) is 0. The SMILES string of the molecule is C[C@@H]1Cc2n[nH]c(-c3nocc3Br)c2CN1C(=O)OC(C)(C)C. The minimum Gasteiger partial charge on any atom is -0.444 e. The van der Waals surface area contributed by atoms with Gasteiger partial charge in [-0.3, -0.25) is 5.10 Å². The van der Waals surface area contributed by atoms with Crippen molar-refractivity contribution in [2.45, 2.75) is 52.3 Å². The number of aromatic nitrogens is 3. The number of fused-ring (bicyclic) bond motifs is 1. The Morgan fingerprint density at radius 3 is 2.87 bits per heavy atom. The fourth-order valence-electron chi connectivity index (χ4n) is 2.61. The molecule has 3 rings (SSSR count). The number of halogens is 1. The Labute approximate surface area is 142 Å². The van der Waals surface area contributed by atoms with Crippen LogP contribution in [0.4, 0.5) is 4.79 Å². The minimum absolute atomic E-state index is 0.0225. The summed E-state index contributed by atoms with van der Waals surface area (Å²) in [5, 5.41) is 11.4. The molecule has 1 N–H and O–H groups in total. The predicted molar refractivity (Wildman–Crippen MR) is 86.7 cm³/mol. The largest absolute Gasteiger partial charge is 0.444 e. The van der Waals surface area contributed by atoms with Crippen molar-refractivity contribution >= 4 is 22.0 Å². The molecular weight excluding hydrogens is 364 g/mol. The number of nitrogens with one attached hydrogen (secondary N) is 1. The van der Waals surface area contributed by atoms with Gasteiger partial charge in [0.05, 0.1) is 22.4 Å². The van der Waals surface area contributed by atoms with E-state index < -0.39 is 5.60 Å². The van der Waals surface area contributed by atoms with Gasteiger partial charge in [-0.1, -0.05) is 5.16 Å². The van der Waals surface area contributed by atoms with Crippen molar-refractivity contribution in [3.63, 3.8) is 0 Å². The van der Waals surface area contributed by atoms with Gasteiger partial charge in [0.25, 0.3) is 0 Å². The van der Waals surface area contributed by atoms with E-state index in [2.05, 4.69) is 31.3 Å². The molecule has 0 aliphatic carbocycles. The Hall–Kier alpha value is -1.83. The van der Waals surface area contributed by atoms with Gasteiger partial charge >= 0.3 is 6.09 Å². The van der Waals surface area contributed by atoms with E-state index in [0.717, 1.165) is 21.4 Å². The summed E-state index contributed by atoms with van der Waals surface area (Å²) < 4.78 is 11.2. The molecule has 0 bridgehead atoms. The maximum atomic E-state index is 12.5. The zero-order valence-corrected chi connectivity index (χ0v) is 15.1. The molecule has 1 atom stereocenters. The van der Waals surface area contributed by atoms with E-state index in [-0.39, 0.29) is 12.1 Å². The van der Waals surface area contributed by atoms with Crippen LogP contribution in [-0.4, -0.2) is 38.0 Å². The van der Waals surface area contributed by atoms with Crippen molar-refractivity contribution in [2.24, 2.45) is 0 Å². The first kappa shape index (κ1) is 16.0. The fraction of sp³-hybridized carbons (Fsp3) is 0.533. The lowest BCUT2D eigenvalue weighted by molar-refractivity contribution is 0.0138. The van der Waals surface area contributed by atoms with Gasteiger partial charge in [-0.15, -0.1) is 0 Å². The smallest absolute Gasteiger partial charge is 0.410 e. The number of amides is 1. The first-order valence-electron chi connectivity index (χ1n) is 7.42. The third kappa shape index (κ3) is 3.12. The summed E-state index contributed by atoms with van der Waals surface area (Å²) in [6, 6.07) is 0.0225. The highest BCUT2D eigenvalue weighted by molar-refractivity contribution is 9.10. The topological polar surface area (TPSA) is 84.3 Å². The molecule has 1 amide bonds. The molecule has 0 unspecified atom stereocenters. The number of aromatic amines is 1. The maximum absolute atomic E-state index is 12.5. The molecule has 0 aromatic carbocycles. The molecule has 0 saturated heterocycles. The van der Waals surface area contributed by atoms with Gasteiger partial charge in [-0.05, 0) is 43.6 Å². The van der Waals surface area contributed by atoms with Gasteiger partial charge in [-0.2, -0.15) is 5.10 Å². The second-order valence-electron chi connectivity index (χ2n) is 6.70. The summed E-state index contributed by atoms with van der Waals surface area (Å²) in [6.07, 6.45) is 1.86. The summed E-state index contributed by atoms with van der Waals surface area (Å²) in [4.78, 5) is 14.2. The molecule has 124 valence electrons. The lowest BCUT2D eigenvalue weighted by Crippen LogP contribution is -2.45. The van der Waals surface area contributed by atoms with Gasteiger partial charge in [0.2, 0.25) is 0 Å². The second-order valence-corrected chi connectivity index (χ2v) is 7.55. The molecule has 0 spiro atoms. The van der Waals surface area contributed by atoms with Crippen LogP contribution in [0, 0.1) is 0 Å². The Morgan fingerprint density at radius 1 is 1.52 bits per heavy atom. The van der Waals surface area contributed by atoms with E-state index in [1.165, 1.54) is 6.26 Å². The van der Waals surface area contributed by atoms with Crippen LogP contribution in [0.25, 0.3) is 11.4 Å². The lowest BCUT2D eigenvalue weighted by Gasteiger charge is -2.34. The van der Waals surface area contributed by atoms with Crippen LogP contribution in [0.3, 0.4) is 0 Å². The summed E-state index contributed by atoms with van der Waals surface area (Å²) >= 11 is 3.40. The number of hydrogen-bond acceptors (Lipinski definition) is 5. The van der Waals surface area contributed by atoms with Crippen molar-refractivity contribution in [3.8, 4) is 11.4 Å². The molecule has 2 aromatic heterocycles. The zero-order chi connectivity index (χ0) is 16.8. The number of carbonyl (C=O) groups is 1. The first-order chi connectivity index (χ1) is 10.8. The predicted octanol–water partition coefficient (Wildman–Crippen LogP) is 3.51. The molecule has 0 radical (unpaired) electrons. The van der Waals surface area contributed by atoms with Crippen molar-refractivity contribution in [3.05, 3.63) is 22.0 Å². The van der Waals surface area contributed by atoms with Crippen molar-refractivity contribution in [2.75, 3.05) is 0 Å². The summed E-state index contributed by atoms with van der Waals surface area (Å²) in [7, 11) is 0. The normalized spacial score (nSPS) is 18.0. The van der Waals surface area contributed by atoms with E-state index in [1.54, 1.807) is 4.90 Å². The Morgan fingerprint density at radius 2 is 2.26 bits per heavy atom. The van der Waals surface area contributed by atoms with E-state index >= 15 is 0 Å². The van der Waals surface area contributed by atoms with E-state index in [9.17, 15) is 4.79 Å². The van der Waals surface area contributed by atoms with Crippen molar-refractivity contribution < 1.29 is 14.1 Å². The number of ether oxygens (including phenoxy) is 1. The molecule has 3 heterocycles. The molecule has 1 aliphatic heterocycles. The zero-order valence-electron chi connectivity index (χ0n) is 13.5. The van der Waals surface area contributed by atoms with Crippen LogP contribution in [0.5, 0.6) is 0 Å². The van der Waals surface area contributed by atoms with Crippen LogP contribution >= 0.6 is 15.9 Å². The third-order valence-electron chi connectivity index (χ3n) is 3.69. The lowest BCUT2D eigenvalue weighted by atomic mass is 9.99. The van der Waals surface area contributed by atoms with E-state index in [1.807, 2.05) is 27.7 Å². The molecule has 8 heteroatoms. The summed E-state index contributed by atoms with van der Waals surface area (Å²) in [6.45, 7) is 8.01. The van der Waals surface area contributed by atoms with Crippen LogP contribution in [0.15, 0.2) is 15.3 Å². The molecule has 0 saturated carbocycles. The highest BCUT2D eigenvalue weighted by atomic mass is 79.9. The van der Waals surface area contributed by atoms with Crippen LogP contribution in [-0.2, 0) is 17.7 Å². The standard InChI is InChI=1S/C15H19BrN4O3/c1-8-5-11-9(6-20(8)14(21)23-15(2,3)4)12(18-17-11)13-10(16)7-22-19-13/h7-8H,5-6H2,1-4H3,(H,17,18)/t8-/m1/s1. The number of hydrogen-bond donors (Lipinski definition) is 1. The fourth-order valence-corrected chi connectivity index (χ4v) is 2.96. The van der Waals surface area contributed by atoms with Crippen LogP contribution < -0.4 is 0 Å². The van der Waals surface area contributed by atoms with Crippen molar-refractivity contribution in [1.82, 2.24) is 20.3 Å². The highest BCUT2D eigenvalue weighted by Gasteiger charge is 2.34. The molecule has 1 aliphatic rings. The number of rotatable bonds is 1. The van der Waals surface area contributed by atoms with Gasteiger partial charge < -0.3 is 14.2 Å². The average molecular weight is 383 g/mol. The number of nitrogens with zero attached hydrogens (tertiary/aromatic N) is 3. The number of carbonyl (C=O) groups excluding carboxylic acids is 1. The molecular formula is C15H19BrN4O3. The highest BCUT2D eigenvalue weighted by Crippen LogP contribution is 2.33.